The van der Waals surface area contributed by atoms with Crippen molar-refractivity contribution >= 4 is 23.8 Å². The van der Waals surface area contributed by atoms with E-state index >= 15 is 0 Å². The molecule has 0 aromatic rings. The highest BCUT2D eigenvalue weighted by Crippen LogP contribution is 2.12. The van der Waals surface area contributed by atoms with Gasteiger partial charge in [0.2, 0.25) is 11.8 Å². The Bertz CT molecular complexity index is 567. The summed E-state index contributed by atoms with van der Waals surface area (Å²) >= 11 is 0. The standard InChI is InChI=1S/2C15H29NO3.2H3N/c2*1-3-4-5-6-7-8-9-10-11-12-14(17)16(2)13-15(18)19;;/h2*3-13H2,1-2H3,(H,18,19);2*1H3. The summed E-state index contributed by atoms with van der Waals surface area (Å²) in [5.41, 5.74) is 0. The third kappa shape index (κ3) is 33.8. The van der Waals surface area contributed by atoms with Crippen LogP contribution < -0.4 is 12.3 Å². The van der Waals surface area contributed by atoms with Gasteiger partial charge in [0, 0.05) is 26.9 Å². The number of carbonyl (C=O) groups excluding carboxylic acids is 2. The van der Waals surface area contributed by atoms with Crippen LogP contribution in [0.5, 0.6) is 0 Å². The van der Waals surface area contributed by atoms with Gasteiger partial charge in [-0.15, -0.1) is 0 Å². The molecule has 0 saturated heterocycles. The fourth-order valence-electron chi connectivity index (χ4n) is 4.14. The summed E-state index contributed by atoms with van der Waals surface area (Å²) in [4.78, 5) is 46.6. The minimum absolute atomic E-state index is 0. The Hall–Kier alpha value is -2.20. The van der Waals surface area contributed by atoms with Gasteiger partial charge in [-0.3, -0.25) is 19.2 Å². The second-order valence-corrected chi connectivity index (χ2v) is 10.4. The van der Waals surface area contributed by atoms with Crippen molar-refractivity contribution in [3.05, 3.63) is 0 Å². The number of carboxylic acid groups (broad SMARTS) is 2. The number of aliphatic carboxylic acids is 2. The monoisotopic (exact) mass is 576 g/mol. The van der Waals surface area contributed by atoms with Gasteiger partial charge in [0.1, 0.15) is 13.1 Å². The van der Waals surface area contributed by atoms with Gasteiger partial charge < -0.3 is 32.3 Å². The Balaban J connectivity index is -0.000000309. The van der Waals surface area contributed by atoms with Gasteiger partial charge in [-0.05, 0) is 12.8 Å². The van der Waals surface area contributed by atoms with Crippen LogP contribution in [-0.4, -0.2) is 71.0 Å². The molecule has 240 valence electrons. The van der Waals surface area contributed by atoms with Crippen molar-refractivity contribution < 1.29 is 29.4 Å². The quantitative estimate of drug-likeness (QED) is 0.0866. The minimum atomic E-state index is -0.956. The van der Waals surface area contributed by atoms with Crippen molar-refractivity contribution in [1.29, 1.82) is 0 Å². The van der Waals surface area contributed by atoms with Crippen LogP contribution in [0.2, 0.25) is 0 Å². The number of amides is 2. The summed E-state index contributed by atoms with van der Waals surface area (Å²) in [7, 11) is 3.09. The number of hydrogen-bond acceptors (Lipinski definition) is 6. The molecule has 8 N–H and O–H groups in total. The molecule has 0 aliphatic rings. The largest absolute Gasteiger partial charge is 0.480 e. The van der Waals surface area contributed by atoms with E-state index in [4.69, 9.17) is 10.2 Å². The number of hydrogen-bond donors (Lipinski definition) is 4. The van der Waals surface area contributed by atoms with Crippen LogP contribution in [0.4, 0.5) is 0 Å². The highest BCUT2D eigenvalue weighted by Gasteiger charge is 2.12. The molecule has 0 heterocycles. The van der Waals surface area contributed by atoms with Gasteiger partial charge in [-0.1, -0.05) is 117 Å². The predicted octanol–water partition coefficient (Wildman–Crippen LogP) is 7.22. The van der Waals surface area contributed by atoms with Crippen LogP contribution in [0.3, 0.4) is 0 Å². The number of carboxylic acids is 2. The average Bonchev–Trinajstić information content (AvgIpc) is 2.86. The molecule has 2 amide bonds. The van der Waals surface area contributed by atoms with E-state index < -0.39 is 11.9 Å². The molecular formula is C30H64N4O6. The number of nitrogens with zero attached hydrogens (tertiary/aromatic N) is 2. The van der Waals surface area contributed by atoms with Crippen LogP contribution in [0, 0.1) is 0 Å². The molecule has 0 aliphatic heterocycles. The van der Waals surface area contributed by atoms with Gasteiger partial charge in [0.25, 0.3) is 0 Å². The highest BCUT2D eigenvalue weighted by atomic mass is 16.4. The van der Waals surface area contributed by atoms with Crippen LogP contribution in [0.25, 0.3) is 0 Å². The van der Waals surface area contributed by atoms with E-state index in [1.807, 2.05) is 0 Å². The lowest BCUT2D eigenvalue weighted by molar-refractivity contribution is -0.143. The fraction of sp³-hybridized carbons (Fsp3) is 0.867. The average molecular weight is 577 g/mol. The molecule has 40 heavy (non-hydrogen) atoms. The van der Waals surface area contributed by atoms with E-state index in [-0.39, 0.29) is 37.2 Å². The summed E-state index contributed by atoms with van der Waals surface area (Å²) in [5.74, 6) is -2.04. The van der Waals surface area contributed by atoms with E-state index in [1.54, 1.807) is 14.1 Å². The topological polar surface area (TPSA) is 185 Å². The van der Waals surface area contributed by atoms with Gasteiger partial charge >= 0.3 is 11.9 Å². The summed E-state index contributed by atoms with van der Waals surface area (Å²) in [6, 6.07) is 0. The molecule has 0 bridgehead atoms. The Morgan fingerprint density at radius 3 is 0.900 bits per heavy atom. The summed E-state index contributed by atoms with van der Waals surface area (Å²) in [6.45, 7) is 4.04. The maximum atomic E-state index is 11.5. The molecule has 0 fully saturated rings. The zero-order chi connectivity index (χ0) is 29.0. The Morgan fingerprint density at radius 2 is 0.675 bits per heavy atom. The first kappa shape index (κ1) is 44.8. The Labute approximate surface area is 244 Å². The molecule has 0 saturated carbocycles. The van der Waals surface area contributed by atoms with Crippen molar-refractivity contribution in [3.8, 4) is 0 Å². The van der Waals surface area contributed by atoms with Crippen molar-refractivity contribution in [2.45, 2.75) is 142 Å². The van der Waals surface area contributed by atoms with E-state index in [2.05, 4.69) is 13.8 Å². The normalized spacial score (nSPS) is 9.90. The zero-order valence-corrected chi connectivity index (χ0v) is 26.4. The molecule has 10 heteroatoms. The lowest BCUT2D eigenvalue weighted by Gasteiger charge is -2.14. The molecule has 0 aliphatic carbocycles. The maximum Gasteiger partial charge on any atom is 0.323 e. The van der Waals surface area contributed by atoms with Gasteiger partial charge in [-0.25, -0.2) is 0 Å². The van der Waals surface area contributed by atoms with Crippen molar-refractivity contribution in [2.75, 3.05) is 27.2 Å². The molecule has 10 nitrogen and oxygen atoms in total. The van der Waals surface area contributed by atoms with Gasteiger partial charge in [0.05, 0.1) is 0 Å². The van der Waals surface area contributed by atoms with E-state index in [0.29, 0.717) is 12.8 Å². The summed E-state index contributed by atoms with van der Waals surface area (Å²) < 4.78 is 0. The number of carbonyl (C=O) groups is 4. The van der Waals surface area contributed by atoms with E-state index in [1.165, 1.54) is 99.7 Å². The van der Waals surface area contributed by atoms with E-state index in [0.717, 1.165) is 25.7 Å². The smallest absolute Gasteiger partial charge is 0.323 e. The lowest BCUT2D eigenvalue weighted by Crippen LogP contribution is -2.31. The van der Waals surface area contributed by atoms with Gasteiger partial charge in [0.15, 0.2) is 0 Å². The molecule has 0 atom stereocenters. The minimum Gasteiger partial charge on any atom is -0.480 e. The molecule has 0 unspecified atom stereocenters. The SMILES string of the molecule is CCCCCCCCCCCC(=O)N(C)CC(=O)O.CCCCCCCCCCCC(=O)N(C)CC(=O)O.N.N. The number of rotatable bonds is 24. The van der Waals surface area contributed by atoms with Crippen LogP contribution in [0.1, 0.15) is 142 Å². The Morgan fingerprint density at radius 1 is 0.450 bits per heavy atom. The molecule has 0 spiro atoms. The number of unbranched alkanes of at least 4 members (excludes halogenated alkanes) is 16. The maximum absolute atomic E-state index is 11.5. The molecule has 0 aromatic heterocycles. The summed E-state index contributed by atoms with van der Waals surface area (Å²) in [6.07, 6.45) is 22.9. The van der Waals surface area contributed by atoms with Crippen LogP contribution >= 0.6 is 0 Å². The zero-order valence-electron chi connectivity index (χ0n) is 26.4. The molecular weight excluding hydrogens is 512 g/mol. The van der Waals surface area contributed by atoms with Gasteiger partial charge in [-0.2, -0.15) is 0 Å². The third-order valence-electron chi connectivity index (χ3n) is 6.58. The fourth-order valence-corrected chi connectivity index (χ4v) is 4.14. The predicted molar refractivity (Wildman–Crippen MR) is 164 cm³/mol. The second-order valence-electron chi connectivity index (χ2n) is 10.4. The second kappa shape index (κ2) is 33.0. The first-order valence-electron chi connectivity index (χ1n) is 15.1. The van der Waals surface area contributed by atoms with Crippen LogP contribution in [-0.2, 0) is 19.2 Å². The van der Waals surface area contributed by atoms with E-state index in [9.17, 15) is 19.2 Å². The molecule has 0 aromatic carbocycles. The first-order valence-corrected chi connectivity index (χ1v) is 15.1. The lowest BCUT2D eigenvalue weighted by atomic mass is 10.1. The van der Waals surface area contributed by atoms with Crippen LogP contribution in [0.15, 0.2) is 0 Å². The highest BCUT2D eigenvalue weighted by molar-refractivity contribution is 5.81. The molecule has 0 rings (SSSR count). The Kier molecular flexibility index (Phi) is 37.0. The van der Waals surface area contributed by atoms with Crippen molar-refractivity contribution in [2.24, 2.45) is 0 Å². The summed E-state index contributed by atoms with van der Waals surface area (Å²) in [5, 5.41) is 17.1. The number of likely N-dealkylation sites (N-methyl/N-ethyl adjacent to an activating group) is 2. The first-order chi connectivity index (χ1) is 18.1. The van der Waals surface area contributed by atoms with Crippen molar-refractivity contribution in [3.63, 3.8) is 0 Å². The van der Waals surface area contributed by atoms with Crippen molar-refractivity contribution in [1.82, 2.24) is 22.1 Å². The molecule has 0 radical (unpaired) electrons. The third-order valence-corrected chi connectivity index (χ3v) is 6.58.